The first-order chi connectivity index (χ1) is 26.7. The Morgan fingerprint density at radius 3 is 1.50 bits per heavy atom. The van der Waals surface area contributed by atoms with Crippen LogP contribution in [0.4, 0.5) is 0 Å². The monoisotopic (exact) mass is 692 g/mol. The van der Waals surface area contributed by atoms with Crippen molar-refractivity contribution in [1.82, 2.24) is 0 Å². The smallest absolute Gasteiger partial charge is 0.178 e. The first kappa shape index (κ1) is 31.8. The number of benzene rings is 8. The van der Waals surface area contributed by atoms with E-state index in [1.165, 1.54) is 10.8 Å². The van der Waals surface area contributed by atoms with Gasteiger partial charge < -0.3 is 9.47 Å². The third-order valence-electron chi connectivity index (χ3n) is 10.9. The number of rotatable bonds is 6. The molecule has 10 rings (SSSR count). The minimum atomic E-state index is -0.767. The summed E-state index contributed by atoms with van der Waals surface area (Å²) >= 11 is 0. The quantitative estimate of drug-likeness (QED) is 0.162. The molecule has 0 spiro atoms. The summed E-state index contributed by atoms with van der Waals surface area (Å²) in [6.07, 6.45) is 13.3. The van der Waals surface area contributed by atoms with Crippen LogP contribution in [0.2, 0.25) is 0 Å². The Morgan fingerprint density at radius 1 is 0.389 bits per heavy atom. The highest BCUT2D eigenvalue weighted by Gasteiger charge is 2.39. The summed E-state index contributed by atoms with van der Waals surface area (Å²) in [5.74, 6) is 1.74. The Bertz CT molecular complexity index is 2670. The maximum atomic E-state index is 7.27. The van der Waals surface area contributed by atoms with Crippen LogP contribution in [0.25, 0.3) is 45.8 Å². The Balaban J connectivity index is 1.04. The fourth-order valence-electron chi connectivity index (χ4n) is 8.19. The van der Waals surface area contributed by atoms with E-state index < -0.39 is 11.2 Å². The summed E-state index contributed by atoms with van der Waals surface area (Å²) in [7, 11) is 0. The molecule has 0 bridgehead atoms. The topological polar surface area (TPSA) is 18.5 Å². The molecule has 8 aromatic carbocycles. The molecule has 2 aliphatic rings. The van der Waals surface area contributed by atoms with Crippen LogP contribution in [0.15, 0.2) is 194 Å². The van der Waals surface area contributed by atoms with E-state index in [4.69, 9.17) is 9.47 Å². The van der Waals surface area contributed by atoms with Crippen LogP contribution in [-0.4, -0.2) is 0 Å². The van der Waals surface area contributed by atoms with Gasteiger partial charge in [0, 0.05) is 38.9 Å². The van der Waals surface area contributed by atoms with Crippen molar-refractivity contribution in [2.45, 2.75) is 11.2 Å². The van der Waals surface area contributed by atoms with Crippen LogP contribution in [0, 0.1) is 0 Å². The molecule has 2 aliphatic heterocycles. The van der Waals surface area contributed by atoms with Crippen LogP contribution < -0.4 is 9.47 Å². The molecule has 0 saturated heterocycles. The maximum absolute atomic E-state index is 7.27. The molecule has 0 radical (unpaired) electrons. The molecule has 0 aliphatic carbocycles. The highest BCUT2D eigenvalue weighted by atomic mass is 16.5. The third kappa shape index (κ3) is 5.26. The second-order valence-electron chi connectivity index (χ2n) is 14.0. The van der Waals surface area contributed by atoms with Gasteiger partial charge in [0.1, 0.15) is 11.5 Å². The molecule has 256 valence electrons. The summed E-state index contributed by atoms with van der Waals surface area (Å²) in [5, 5.41) is 4.66. The zero-order valence-corrected chi connectivity index (χ0v) is 29.6. The van der Waals surface area contributed by atoms with Gasteiger partial charge in [-0.25, -0.2) is 0 Å². The van der Waals surface area contributed by atoms with E-state index >= 15 is 0 Å². The molecular formula is C52H36O2. The molecule has 2 nitrogen and oxygen atoms in total. The highest BCUT2D eigenvalue weighted by molar-refractivity contribution is 5.99. The van der Waals surface area contributed by atoms with E-state index in [0.717, 1.165) is 66.8 Å². The molecule has 0 N–H and O–H groups in total. The van der Waals surface area contributed by atoms with Crippen molar-refractivity contribution < 1.29 is 9.47 Å². The second-order valence-corrected chi connectivity index (χ2v) is 14.0. The minimum Gasteiger partial charge on any atom is -0.473 e. The van der Waals surface area contributed by atoms with E-state index in [1.807, 2.05) is 12.1 Å². The van der Waals surface area contributed by atoms with Gasteiger partial charge in [-0.1, -0.05) is 176 Å². The summed E-state index contributed by atoms with van der Waals surface area (Å²) in [4.78, 5) is 0. The summed E-state index contributed by atoms with van der Waals surface area (Å²) < 4.78 is 14.3. The Kier molecular flexibility index (Phi) is 7.63. The van der Waals surface area contributed by atoms with Gasteiger partial charge >= 0.3 is 0 Å². The van der Waals surface area contributed by atoms with Gasteiger partial charge in [0.05, 0.1) is 0 Å². The largest absolute Gasteiger partial charge is 0.473 e. The van der Waals surface area contributed by atoms with Gasteiger partial charge in [-0.05, 0) is 69.6 Å². The Hall–Kier alpha value is -6.90. The summed E-state index contributed by atoms with van der Waals surface area (Å²) in [5.41, 5.74) is 7.21. The van der Waals surface area contributed by atoms with Crippen LogP contribution >= 0.6 is 0 Å². The number of hydrogen-bond acceptors (Lipinski definition) is 2. The predicted octanol–water partition coefficient (Wildman–Crippen LogP) is 12.9. The molecule has 0 unspecified atom stereocenters. The van der Waals surface area contributed by atoms with Crippen LogP contribution in [-0.2, 0) is 11.2 Å². The van der Waals surface area contributed by atoms with Gasteiger partial charge in [0.2, 0.25) is 0 Å². The van der Waals surface area contributed by atoms with E-state index in [2.05, 4.69) is 206 Å². The first-order valence-corrected chi connectivity index (χ1v) is 18.5. The molecule has 8 aromatic rings. The molecule has 2 heteroatoms. The molecule has 2 heterocycles. The minimum absolute atomic E-state index is 0.708. The number of fused-ring (bicyclic) bond motifs is 6. The van der Waals surface area contributed by atoms with Gasteiger partial charge in [-0.15, -0.1) is 0 Å². The van der Waals surface area contributed by atoms with Crippen molar-refractivity contribution in [2.75, 3.05) is 0 Å². The van der Waals surface area contributed by atoms with Crippen LogP contribution in [0.1, 0.15) is 44.5 Å². The average Bonchev–Trinajstić information content (AvgIpc) is 3.26. The highest BCUT2D eigenvalue weighted by Crippen LogP contribution is 2.47. The molecule has 0 aromatic heterocycles. The molecule has 0 amide bonds. The number of ether oxygens (including phenoxy) is 2. The average molecular weight is 693 g/mol. The van der Waals surface area contributed by atoms with Crippen molar-refractivity contribution in [3.8, 4) is 11.5 Å². The zero-order valence-electron chi connectivity index (χ0n) is 29.6. The molecule has 0 atom stereocenters. The van der Waals surface area contributed by atoms with E-state index in [9.17, 15) is 0 Å². The SMILES string of the molecule is C1=CC(c2ccccc2)(c2ccccc2)Oc2ccc3cc(/C=C/c4cc5ccccc5c5c4OC(c4ccccc4)(c4ccccc4)C=C5)ccc3c21. The van der Waals surface area contributed by atoms with Crippen molar-refractivity contribution in [3.63, 3.8) is 0 Å². The van der Waals surface area contributed by atoms with E-state index in [-0.39, 0.29) is 0 Å². The lowest BCUT2D eigenvalue weighted by molar-refractivity contribution is 0.161. The fourth-order valence-corrected chi connectivity index (χ4v) is 8.19. The lowest BCUT2D eigenvalue weighted by Crippen LogP contribution is -2.34. The van der Waals surface area contributed by atoms with E-state index in [1.54, 1.807) is 0 Å². The van der Waals surface area contributed by atoms with Gasteiger partial charge in [-0.3, -0.25) is 0 Å². The van der Waals surface area contributed by atoms with Gasteiger partial charge in [0.15, 0.2) is 11.2 Å². The van der Waals surface area contributed by atoms with Crippen molar-refractivity contribution in [3.05, 3.63) is 239 Å². The third-order valence-corrected chi connectivity index (χ3v) is 10.9. The lowest BCUT2D eigenvalue weighted by atomic mass is 9.82. The van der Waals surface area contributed by atoms with Crippen molar-refractivity contribution in [2.24, 2.45) is 0 Å². The van der Waals surface area contributed by atoms with Crippen molar-refractivity contribution >= 4 is 45.8 Å². The standard InChI is InChI=1S/C52H36O2/c1-5-16-41(17-6-1)51(42-18-7-2-8-19-42)33-31-47-46-29-26-37(35-39(46)28-30-49(47)53-51)25-27-40-36-38-15-13-14-24-45(38)48-32-34-52(54-50(40)48,43-20-9-3-10-21-43)44-22-11-4-12-23-44/h1-36H/b27-25+. The molecule has 54 heavy (non-hydrogen) atoms. The van der Waals surface area contributed by atoms with Gasteiger partial charge in [-0.2, -0.15) is 0 Å². The Morgan fingerprint density at radius 2 is 0.889 bits per heavy atom. The summed E-state index contributed by atoms with van der Waals surface area (Å²) in [6.45, 7) is 0. The number of hydrogen-bond donors (Lipinski definition) is 0. The molecular weight excluding hydrogens is 657 g/mol. The van der Waals surface area contributed by atoms with Crippen molar-refractivity contribution in [1.29, 1.82) is 0 Å². The van der Waals surface area contributed by atoms with E-state index in [0.29, 0.717) is 0 Å². The zero-order chi connectivity index (χ0) is 36.0. The normalized spacial score (nSPS) is 15.0. The van der Waals surface area contributed by atoms with Gasteiger partial charge in [0.25, 0.3) is 0 Å². The van der Waals surface area contributed by atoms with Crippen LogP contribution in [0.5, 0.6) is 11.5 Å². The van der Waals surface area contributed by atoms with Crippen LogP contribution in [0.3, 0.4) is 0 Å². The summed E-state index contributed by atoms with van der Waals surface area (Å²) in [6, 6.07) is 63.7. The second kappa shape index (κ2) is 12.9. The molecule has 0 saturated carbocycles. The first-order valence-electron chi connectivity index (χ1n) is 18.5. The molecule has 0 fully saturated rings. The fraction of sp³-hybridized carbons (Fsp3) is 0.0385. The predicted molar refractivity (Wildman–Crippen MR) is 223 cm³/mol. The Labute approximate surface area is 315 Å². The lowest BCUT2D eigenvalue weighted by Gasteiger charge is -2.37. The maximum Gasteiger partial charge on any atom is 0.178 e.